The van der Waals surface area contributed by atoms with Crippen molar-refractivity contribution in [2.24, 2.45) is 0 Å². The summed E-state index contributed by atoms with van der Waals surface area (Å²) in [6, 6.07) is 11.6. The molecule has 2 heterocycles. The van der Waals surface area contributed by atoms with E-state index in [1.807, 2.05) is 12.1 Å². The second kappa shape index (κ2) is 5.39. The summed E-state index contributed by atoms with van der Waals surface area (Å²) in [6.07, 6.45) is 2.51. The maximum absolute atomic E-state index is 11.3. The minimum absolute atomic E-state index is 0.192. The quantitative estimate of drug-likeness (QED) is 0.801. The summed E-state index contributed by atoms with van der Waals surface area (Å²) in [5.74, 6) is 0. The Kier molecular flexibility index (Phi) is 3.75. The molecule has 0 bridgehead atoms. The van der Waals surface area contributed by atoms with Gasteiger partial charge in [-0.15, -0.1) is 11.3 Å². The first-order valence-corrected chi connectivity index (χ1v) is 9.56. The van der Waals surface area contributed by atoms with Crippen LogP contribution in [0.2, 0.25) is 0 Å². The van der Waals surface area contributed by atoms with Gasteiger partial charge in [-0.2, -0.15) is 0 Å². The predicted molar refractivity (Wildman–Crippen MR) is 84.2 cm³/mol. The largest absolute Gasteiger partial charge is 0.372 e. The number of anilines is 1. The molecule has 0 amide bonds. The van der Waals surface area contributed by atoms with E-state index in [1.54, 1.807) is 12.1 Å². The molecule has 106 valence electrons. The highest BCUT2D eigenvalue weighted by Crippen LogP contribution is 2.33. The summed E-state index contributed by atoms with van der Waals surface area (Å²) in [5, 5.41) is 0. The van der Waals surface area contributed by atoms with E-state index in [4.69, 9.17) is 10.7 Å². The van der Waals surface area contributed by atoms with Crippen LogP contribution in [0, 0.1) is 0 Å². The maximum Gasteiger partial charge on any atom is 0.270 e. The molecule has 0 unspecified atom stereocenters. The van der Waals surface area contributed by atoms with Gasteiger partial charge in [0.05, 0.1) is 0 Å². The molecule has 1 aliphatic heterocycles. The van der Waals surface area contributed by atoms with E-state index in [2.05, 4.69) is 17.0 Å². The zero-order chi connectivity index (χ0) is 14.2. The van der Waals surface area contributed by atoms with Crippen molar-refractivity contribution in [2.75, 3.05) is 18.0 Å². The number of benzene rings is 1. The van der Waals surface area contributed by atoms with E-state index in [-0.39, 0.29) is 4.21 Å². The monoisotopic (exact) mass is 327 g/mol. The van der Waals surface area contributed by atoms with Gasteiger partial charge >= 0.3 is 0 Å². The van der Waals surface area contributed by atoms with Gasteiger partial charge < -0.3 is 4.90 Å². The van der Waals surface area contributed by atoms with Crippen molar-refractivity contribution in [3.05, 3.63) is 36.4 Å². The molecule has 1 saturated heterocycles. The highest BCUT2D eigenvalue weighted by molar-refractivity contribution is 8.15. The Hall–Kier alpha value is -1.04. The lowest BCUT2D eigenvalue weighted by Gasteiger charge is -2.17. The summed E-state index contributed by atoms with van der Waals surface area (Å²) in [6.45, 7) is 2.24. The van der Waals surface area contributed by atoms with Crippen LogP contribution in [0.5, 0.6) is 0 Å². The van der Waals surface area contributed by atoms with Crippen LogP contribution in [0.15, 0.2) is 40.6 Å². The van der Waals surface area contributed by atoms with Crippen molar-refractivity contribution >= 4 is 36.8 Å². The minimum atomic E-state index is -3.63. The molecule has 0 radical (unpaired) electrons. The lowest BCUT2D eigenvalue weighted by atomic mass is 10.1. The molecule has 20 heavy (non-hydrogen) atoms. The number of hydrogen-bond donors (Lipinski definition) is 0. The Morgan fingerprint density at radius 2 is 1.65 bits per heavy atom. The smallest absolute Gasteiger partial charge is 0.270 e. The maximum atomic E-state index is 11.3. The first kappa shape index (κ1) is 13.9. The van der Waals surface area contributed by atoms with Gasteiger partial charge in [0.25, 0.3) is 9.05 Å². The third kappa shape index (κ3) is 2.85. The Balaban J connectivity index is 1.85. The minimum Gasteiger partial charge on any atom is -0.372 e. The molecular weight excluding hydrogens is 314 g/mol. The van der Waals surface area contributed by atoms with E-state index < -0.39 is 9.05 Å². The number of thiophene rings is 1. The fraction of sp³-hybridized carbons (Fsp3) is 0.286. The molecule has 0 spiro atoms. The molecule has 0 aliphatic carbocycles. The second-order valence-electron chi connectivity index (χ2n) is 4.80. The zero-order valence-corrected chi connectivity index (χ0v) is 13.1. The number of hydrogen-bond acceptors (Lipinski definition) is 4. The first-order chi connectivity index (χ1) is 9.54. The van der Waals surface area contributed by atoms with Crippen LogP contribution in [-0.2, 0) is 9.05 Å². The summed E-state index contributed by atoms with van der Waals surface area (Å²) in [7, 11) is 1.72. The van der Waals surface area contributed by atoms with Gasteiger partial charge in [-0.25, -0.2) is 8.42 Å². The standard InChI is InChI=1S/C14H14ClNO2S2/c15-20(17,18)14-8-7-13(19-14)11-3-5-12(6-4-11)16-9-1-2-10-16/h3-8H,1-2,9-10H2. The van der Waals surface area contributed by atoms with Crippen molar-refractivity contribution in [1.29, 1.82) is 0 Å². The predicted octanol–water partition coefficient (Wildman–Crippen LogP) is 3.94. The fourth-order valence-electron chi connectivity index (χ4n) is 2.42. The third-order valence-corrected chi connectivity index (χ3v) is 6.67. The van der Waals surface area contributed by atoms with E-state index >= 15 is 0 Å². The van der Waals surface area contributed by atoms with Gasteiger partial charge in [-0.05, 0) is 42.7 Å². The van der Waals surface area contributed by atoms with Gasteiger partial charge in [-0.1, -0.05) is 12.1 Å². The topological polar surface area (TPSA) is 37.4 Å². The SMILES string of the molecule is O=S(=O)(Cl)c1ccc(-c2ccc(N3CCCC3)cc2)s1. The van der Waals surface area contributed by atoms with Crippen molar-refractivity contribution < 1.29 is 8.42 Å². The second-order valence-corrected chi connectivity index (χ2v) is 8.67. The number of nitrogens with zero attached hydrogens (tertiary/aromatic N) is 1. The Morgan fingerprint density at radius 3 is 2.20 bits per heavy atom. The average molecular weight is 328 g/mol. The van der Waals surface area contributed by atoms with E-state index in [9.17, 15) is 8.42 Å². The Morgan fingerprint density at radius 1 is 1.00 bits per heavy atom. The molecule has 0 saturated carbocycles. The van der Waals surface area contributed by atoms with Crippen LogP contribution in [0.25, 0.3) is 10.4 Å². The fourth-order valence-corrected chi connectivity index (χ4v) is 4.50. The number of halogens is 1. The van der Waals surface area contributed by atoms with Crippen LogP contribution in [0.1, 0.15) is 12.8 Å². The molecule has 1 aromatic heterocycles. The van der Waals surface area contributed by atoms with Gasteiger partial charge in [0.15, 0.2) is 0 Å². The highest BCUT2D eigenvalue weighted by Gasteiger charge is 2.15. The normalized spacial score (nSPS) is 15.8. The summed E-state index contributed by atoms with van der Waals surface area (Å²) in [4.78, 5) is 3.28. The molecule has 1 fully saturated rings. The van der Waals surface area contributed by atoms with Crippen molar-refractivity contribution in [3.63, 3.8) is 0 Å². The Bertz CT molecular complexity index is 701. The van der Waals surface area contributed by atoms with Gasteiger partial charge in [0.1, 0.15) is 4.21 Å². The Labute approximate surface area is 127 Å². The molecule has 3 nitrogen and oxygen atoms in total. The van der Waals surface area contributed by atoms with E-state index in [0.29, 0.717) is 0 Å². The van der Waals surface area contributed by atoms with Gasteiger partial charge in [-0.3, -0.25) is 0 Å². The molecule has 1 aromatic carbocycles. The van der Waals surface area contributed by atoms with Crippen molar-refractivity contribution in [2.45, 2.75) is 17.1 Å². The highest BCUT2D eigenvalue weighted by atomic mass is 35.7. The lowest BCUT2D eigenvalue weighted by Crippen LogP contribution is -2.17. The molecule has 3 rings (SSSR count). The van der Waals surface area contributed by atoms with Crippen molar-refractivity contribution in [3.8, 4) is 10.4 Å². The van der Waals surface area contributed by atoms with Crippen LogP contribution < -0.4 is 4.90 Å². The van der Waals surface area contributed by atoms with Crippen LogP contribution >= 0.6 is 22.0 Å². The molecule has 0 N–H and O–H groups in total. The lowest BCUT2D eigenvalue weighted by molar-refractivity contribution is 0.611. The summed E-state index contributed by atoms with van der Waals surface area (Å²) in [5.41, 5.74) is 2.25. The first-order valence-electron chi connectivity index (χ1n) is 6.44. The van der Waals surface area contributed by atoms with Crippen molar-refractivity contribution in [1.82, 2.24) is 0 Å². The average Bonchev–Trinajstić information content (AvgIpc) is 3.10. The summed E-state index contributed by atoms with van der Waals surface area (Å²) >= 11 is 1.20. The molecule has 0 atom stereocenters. The van der Waals surface area contributed by atoms with Gasteiger partial charge in [0, 0.05) is 34.3 Å². The molecule has 6 heteroatoms. The van der Waals surface area contributed by atoms with Crippen LogP contribution in [0.3, 0.4) is 0 Å². The zero-order valence-electron chi connectivity index (χ0n) is 10.8. The van der Waals surface area contributed by atoms with E-state index in [1.165, 1.54) is 29.9 Å². The molecule has 1 aliphatic rings. The molecular formula is C14H14ClNO2S2. The summed E-state index contributed by atoms with van der Waals surface area (Å²) < 4.78 is 22.7. The van der Waals surface area contributed by atoms with E-state index in [0.717, 1.165) is 23.5 Å². The van der Waals surface area contributed by atoms with Gasteiger partial charge in [0.2, 0.25) is 0 Å². The van der Waals surface area contributed by atoms with Crippen LogP contribution in [0.4, 0.5) is 5.69 Å². The number of rotatable bonds is 3. The van der Waals surface area contributed by atoms with Crippen LogP contribution in [-0.4, -0.2) is 21.5 Å². The third-order valence-electron chi connectivity index (χ3n) is 3.44. The molecule has 2 aromatic rings.